The van der Waals surface area contributed by atoms with Crippen LogP contribution in [0, 0.1) is 0 Å². The summed E-state index contributed by atoms with van der Waals surface area (Å²) in [5.41, 5.74) is 0.431. The largest absolute Gasteiger partial charge is 0.496 e. The predicted octanol–water partition coefficient (Wildman–Crippen LogP) is 1.34. The van der Waals surface area contributed by atoms with Crippen LogP contribution in [0.5, 0.6) is 5.75 Å². The molecule has 6 nitrogen and oxygen atoms in total. The van der Waals surface area contributed by atoms with Crippen LogP contribution in [-0.2, 0) is 9.53 Å². The molecule has 1 aromatic carbocycles. The van der Waals surface area contributed by atoms with E-state index in [9.17, 15) is 9.59 Å². The average Bonchev–Trinajstić information content (AvgIpc) is 2.47. The van der Waals surface area contributed by atoms with Gasteiger partial charge >= 0.3 is 0 Å². The molecule has 0 atom stereocenters. The zero-order valence-corrected chi connectivity index (χ0v) is 13.7. The van der Waals surface area contributed by atoms with Crippen LogP contribution in [0.1, 0.15) is 16.8 Å². The van der Waals surface area contributed by atoms with Crippen LogP contribution in [0.4, 0.5) is 0 Å². The first-order valence-corrected chi connectivity index (χ1v) is 7.25. The molecule has 0 fully saturated rings. The number of carbonyl (C=O) groups is 2. The van der Waals surface area contributed by atoms with Crippen molar-refractivity contribution in [2.24, 2.45) is 0 Å². The van der Waals surface area contributed by atoms with Crippen molar-refractivity contribution in [2.45, 2.75) is 6.42 Å². The van der Waals surface area contributed by atoms with Gasteiger partial charge in [0.15, 0.2) is 0 Å². The Morgan fingerprint density at radius 1 is 1.19 bits per heavy atom. The topological polar surface area (TPSA) is 76.7 Å². The summed E-state index contributed by atoms with van der Waals surface area (Å²) in [5.74, 6) is 0.0746. The highest BCUT2D eigenvalue weighted by Crippen LogP contribution is 2.23. The lowest BCUT2D eigenvalue weighted by Crippen LogP contribution is -2.32. The van der Waals surface area contributed by atoms with E-state index in [1.165, 1.54) is 7.11 Å². The van der Waals surface area contributed by atoms with Gasteiger partial charge in [-0.25, -0.2) is 0 Å². The molecule has 7 heteroatoms. The SMILES string of the molecule is COCCNC(=O)CCNC(=O)c1ccc(Br)cc1OC. The Labute approximate surface area is 132 Å². The van der Waals surface area contributed by atoms with E-state index in [0.29, 0.717) is 24.5 Å². The van der Waals surface area contributed by atoms with Gasteiger partial charge in [0.25, 0.3) is 5.91 Å². The van der Waals surface area contributed by atoms with Crippen molar-refractivity contribution >= 4 is 27.7 Å². The first-order chi connectivity index (χ1) is 10.1. The van der Waals surface area contributed by atoms with Crippen LogP contribution in [0.25, 0.3) is 0 Å². The van der Waals surface area contributed by atoms with Crippen molar-refractivity contribution in [3.63, 3.8) is 0 Å². The second kappa shape index (κ2) is 9.36. The number of benzene rings is 1. The van der Waals surface area contributed by atoms with Crippen LogP contribution >= 0.6 is 15.9 Å². The third-order valence-electron chi connectivity index (χ3n) is 2.67. The summed E-state index contributed by atoms with van der Waals surface area (Å²) in [6.07, 6.45) is 0.217. The zero-order valence-electron chi connectivity index (χ0n) is 12.1. The summed E-state index contributed by atoms with van der Waals surface area (Å²) in [6.45, 7) is 1.19. The van der Waals surface area contributed by atoms with Crippen LogP contribution in [0.2, 0.25) is 0 Å². The van der Waals surface area contributed by atoms with Crippen molar-refractivity contribution < 1.29 is 19.1 Å². The zero-order chi connectivity index (χ0) is 15.7. The maximum Gasteiger partial charge on any atom is 0.255 e. The van der Waals surface area contributed by atoms with Crippen LogP contribution < -0.4 is 15.4 Å². The van der Waals surface area contributed by atoms with Gasteiger partial charge in [-0.15, -0.1) is 0 Å². The Morgan fingerprint density at radius 2 is 1.95 bits per heavy atom. The van der Waals surface area contributed by atoms with Crippen molar-refractivity contribution in [3.05, 3.63) is 28.2 Å². The van der Waals surface area contributed by atoms with E-state index < -0.39 is 0 Å². The summed E-state index contributed by atoms with van der Waals surface area (Å²) < 4.78 is 10.8. The molecule has 2 N–H and O–H groups in total. The lowest BCUT2D eigenvalue weighted by atomic mass is 10.2. The molecule has 0 heterocycles. The molecule has 0 saturated heterocycles. The Morgan fingerprint density at radius 3 is 2.62 bits per heavy atom. The molecule has 21 heavy (non-hydrogen) atoms. The highest BCUT2D eigenvalue weighted by molar-refractivity contribution is 9.10. The number of hydrogen-bond acceptors (Lipinski definition) is 4. The fourth-order valence-corrected chi connectivity index (χ4v) is 1.96. The number of halogens is 1. The Kier molecular flexibility index (Phi) is 7.78. The Balaban J connectivity index is 2.42. The normalized spacial score (nSPS) is 10.0. The second-order valence-electron chi connectivity index (χ2n) is 4.19. The van der Waals surface area contributed by atoms with Crippen LogP contribution in [0.15, 0.2) is 22.7 Å². The fourth-order valence-electron chi connectivity index (χ4n) is 1.62. The van der Waals surface area contributed by atoms with Gasteiger partial charge in [-0.05, 0) is 18.2 Å². The highest BCUT2D eigenvalue weighted by Gasteiger charge is 2.12. The quantitative estimate of drug-likeness (QED) is 0.687. The van der Waals surface area contributed by atoms with E-state index in [1.807, 2.05) is 0 Å². The Hall–Kier alpha value is -1.60. The molecule has 0 aliphatic heterocycles. The fraction of sp³-hybridized carbons (Fsp3) is 0.429. The second-order valence-corrected chi connectivity index (χ2v) is 5.11. The van der Waals surface area contributed by atoms with Gasteiger partial charge in [0, 0.05) is 31.1 Å². The van der Waals surface area contributed by atoms with Gasteiger partial charge in [-0.2, -0.15) is 0 Å². The molecule has 0 aliphatic carbocycles. The molecular weight excluding hydrogens is 340 g/mol. The van der Waals surface area contributed by atoms with Crippen LogP contribution in [0.3, 0.4) is 0 Å². The van der Waals surface area contributed by atoms with Gasteiger partial charge in [-0.1, -0.05) is 15.9 Å². The summed E-state index contributed by atoms with van der Waals surface area (Å²) in [4.78, 5) is 23.5. The first-order valence-electron chi connectivity index (χ1n) is 6.46. The van der Waals surface area contributed by atoms with Gasteiger partial charge in [-0.3, -0.25) is 9.59 Å². The maximum absolute atomic E-state index is 12.0. The molecule has 1 aromatic rings. The van der Waals surface area contributed by atoms with E-state index in [4.69, 9.17) is 9.47 Å². The molecule has 0 bridgehead atoms. The minimum atomic E-state index is -0.274. The molecule has 116 valence electrons. The number of carbonyl (C=O) groups excluding carboxylic acids is 2. The molecule has 0 unspecified atom stereocenters. The van der Waals surface area contributed by atoms with Crippen LogP contribution in [-0.4, -0.2) is 45.7 Å². The molecule has 0 aliphatic rings. The lowest BCUT2D eigenvalue weighted by molar-refractivity contribution is -0.121. The number of hydrogen-bond donors (Lipinski definition) is 2. The minimum absolute atomic E-state index is 0.130. The molecule has 2 amide bonds. The van der Waals surface area contributed by atoms with Gasteiger partial charge in [0.05, 0.1) is 19.3 Å². The van der Waals surface area contributed by atoms with Crippen molar-refractivity contribution in [3.8, 4) is 5.75 Å². The van der Waals surface area contributed by atoms with E-state index in [0.717, 1.165) is 4.47 Å². The molecular formula is C14H19BrN2O4. The predicted molar refractivity (Wildman–Crippen MR) is 82.5 cm³/mol. The van der Waals surface area contributed by atoms with Crippen molar-refractivity contribution in [2.75, 3.05) is 33.9 Å². The Bertz CT molecular complexity index is 494. The molecule has 0 saturated carbocycles. The van der Waals surface area contributed by atoms with E-state index >= 15 is 0 Å². The van der Waals surface area contributed by atoms with Gasteiger partial charge in [0.1, 0.15) is 5.75 Å². The minimum Gasteiger partial charge on any atom is -0.496 e. The molecule has 0 spiro atoms. The number of ether oxygens (including phenoxy) is 2. The number of nitrogens with one attached hydrogen (secondary N) is 2. The average molecular weight is 359 g/mol. The lowest BCUT2D eigenvalue weighted by Gasteiger charge is -2.10. The van der Waals surface area contributed by atoms with Crippen molar-refractivity contribution in [1.29, 1.82) is 0 Å². The maximum atomic E-state index is 12.0. The molecule has 1 rings (SSSR count). The number of amides is 2. The summed E-state index contributed by atoms with van der Waals surface area (Å²) >= 11 is 3.31. The standard InChI is InChI=1S/C14H19BrN2O4/c1-20-8-7-16-13(18)5-6-17-14(19)11-4-3-10(15)9-12(11)21-2/h3-4,9H,5-8H2,1-2H3,(H,16,18)(H,17,19). The van der Waals surface area contributed by atoms with Gasteiger partial charge < -0.3 is 20.1 Å². The van der Waals surface area contributed by atoms with Gasteiger partial charge in [0.2, 0.25) is 5.91 Å². The third-order valence-corrected chi connectivity index (χ3v) is 3.17. The smallest absolute Gasteiger partial charge is 0.255 e. The molecule has 0 aromatic heterocycles. The first kappa shape index (κ1) is 17.5. The van der Waals surface area contributed by atoms with E-state index in [2.05, 4.69) is 26.6 Å². The number of rotatable bonds is 8. The third kappa shape index (κ3) is 6.14. The van der Waals surface area contributed by atoms with E-state index in [1.54, 1.807) is 25.3 Å². The summed E-state index contributed by atoms with van der Waals surface area (Å²) in [6, 6.07) is 5.14. The van der Waals surface area contributed by atoms with Crippen molar-refractivity contribution in [1.82, 2.24) is 10.6 Å². The monoisotopic (exact) mass is 358 g/mol. The summed E-state index contributed by atoms with van der Waals surface area (Å²) in [7, 11) is 3.07. The summed E-state index contributed by atoms with van der Waals surface area (Å²) in [5, 5.41) is 5.37. The highest BCUT2D eigenvalue weighted by atomic mass is 79.9. The van der Waals surface area contributed by atoms with E-state index in [-0.39, 0.29) is 24.8 Å². The number of methoxy groups -OCH3 is 2. The molecule has 0 radical (unpaired) electrons.